The highest BCUT2D eigenvalue weighted by Gasteiger charge is 2.17. The van der Waals surface area contributed by atoms with E-state index >= 15 is 0 Å². The molecule has 0 bridgehead atoms. The highest BCUT2D eigenvalue weighted by atomic mass is 32.2. The fourth-order valence-electron chi connectivity index (χ4n) is 1.87. The van der Waals surface area contributed by atoms with Crippen molar-refractivity contribution in [2.45, 2.75) is 18.7 Å². The third-order valence-electron chi connectivity index (χ3n) is 2.99. The van der Waals surface area contributed by atoms with Crippen LogP contribution in [0.4, 0.5) is 5.82 Å². The number of nitrogens with one attached hydrogen (secondary N) is 2. The Labute approximate surface area is 133 Å². The molecule has 1 aromatic carbocycles. The zero-order chi connectivity index (χ0) is 17.0. The van der Waals surface area contributed by atoms with Crippen LogP contribution in [0.15, 0.2) is 33.7 Å². The standard InChI is InChI=1S/C14H17N3O5S/c1-9-6-11(4-5-12(9)21-3)23(19,20)15-8-14(18)16-13-7-10(2)22-17-13/h4-7,15H,8H2,1-3H3,(H,16,17,18). The molecule has 0 aliphatic heterocycles. The number of nitrogens with zero attached hydrogens (tertiary/aromatic N) is 1. The number of hydrogen-bond donors (Lipinski definition) is 2. The minimum absolute atomic E-state index is 0.0564. The molecule has 0 fully saturated rings. The van der Waals surface area contributed by atoms with Gasteiger partial charge in [0.2, 0.25) is 15.9 Å². The van der Waals surface area contributed by atoms with Crippen LogP contribution in [0, 0.1) is 13.8 Å². The van der Waals surface area contributed by atoms with Gasteiger partial charge < -0.3 is 14.6 Å². The fourth-order valence-corrected chi connectivity index (χ4v) is 2.94. The summed E-state index contributed by atoms with van der Waals surface area (Å²) in [7, 11) is -2.30. The summed E-state index contributed by atoms with van der Waals surface area (Å²) in [6.45, 7) is 2.99. The van der Waals surface area contributed by atoms with E-state index in [1.165, 1.54) is 25.3 Å². The summed E-state index contributed by atoms with van der Waals surface area (Å²) >= 11 is 0. The van der Waals surface area contributed by atoms with Crippen molar-refractivity contribution < 1.29 is 22.5 Å². The van der Waals surface area contributed by atoms with E-state index in [9.17, 15) is 13.2 Å². The molecule has 1 heterocycles. The van der Waals surface area contributed by atoms with Crippen molar-refractivity contribution in [3.05, 3.63) is 35.6 Å². The lowest BCUT2D eigenvalue weighted by Gasteiger charge is -2.09. The lowest BCUT2D eigenvalue weighted by Crippen LogP contribution is -2.33. The SMILES string of the molecule is COc1ccc(S(=O)(=O)NCC(=O)Nc2cc(C)on2)cc1C. The first-order valence-corrected chi connectivity index (χ1v) is 8.17. The number of aromatic nitrogens is 1. The van der Waals surface area contributed by atoms with E-state index in [1.54, 1.807) is 19.9 Å². The van der Waals surface area contributed by atoms with E-state index in [2.05, 4.69) is 15.2 Å². The van der Waals surface area contributed by atoms with Crippen molar-refractivity contribution in [1.82, 2.24) is 9.88 Å². The van der Waals surface area contributed by atoms with Crippen LogP contribution in [-0.2, 0) is 14.8 Å². The maximum absolute atomic E-state index is 12.2. The lowest BCUT2D eigenvalue weighted by molar-refractivity contribution is -0.115. The van der Waals surface area contributed by atoms with Crippen molar-refractivity contribution in [2.24, 2.45) is 0 Å². The Morgan fingerprint density at radius 2 is 2.04 bits per heavy atom. The first kappa shape index (κ1) is 17.0. The topological polar surface area (TPSA) is 111 Å². The van der Waals surface area contributed by atoms with E-state index in [1.807, 2.05) is 0 Å². The molecule has 1 amide bonds. The van der Waals surface area contributed by atoms with Gasteiger partial charge >= 0.3 is 0 Å². The van der Waals surface area contributed by atoms with Gasteiger partial charge in [0.25, 0.3) is 0 Å². The van der Waals surface area contributed by atoms with Crippen molar-refractivity contribution in [2.75, 3.05) is 19.0 Å². The van der Waals surface area contributed by atoms with Crippen LogP contribution in [0.1, 0.15) is 11.3 Å². The third-order valence-corrected chi connectivity index (χ3v) is 4.39. The molecule has 0 spiro atoms. The number of sulfonamides is 1. The average molecular weight is 339 g/mol. The second-order valence-electron chi connectivity index (χ2n) is 4.83. The number of hydrogen-bond acceptors (Lipinski definition) is 6. The number of amides is 1. The number of carbonyl (C=O) groups is 1. The molecule has 2 aromatic rings. The highest BCUT2D eigenvalue weighted by molar-refractivity contribution is 7.89. The summed E-state index contributed by atoms with van der Waals surface area (Å²) in [5.74, 6) is 0.803. The molecule has 9 heteroatoms. The van der Waals surface area contributed by atoms with E-state index < -0.39 is 22.5 Å². The summed E-state index contributed by atoms with van der Waals surface area (Å²) in [6.07, 6.45) is 0. The molecular formula is C14H17N3O5S. The number of rotatable bonds is 6. The molecule has 0 radical (unpaired) electrons. The summed E-state index contributed by atoms with van der Waals surface area (Å²) in [5.41, 5.74) is 0.679. The minimum atomic E-state index is -3.80. The second-order valence-corrected chi connectivity index (χ2v) is 6.59. The molecule has 0 aliphatic carbocycles. The number of carbonyl (C=O) groups excluding carboxylic acids is 1. The zero-order valence-corrected chi connectivity index (χ0v) is 13.7. The van der Waals surface area contributed by atoms with Gasteiger partial charge in [-0.2, -0.15) is 0 Å². The predicted molar refractivity (Wildman–Crippen MR) is 82.8 cm³/mol. The van der Waals surface area contributed by atoms with Gasteiger partial charge in [0, 0.05) is 6.07 Å². The number of ether oxygens (including phenoxy) is 1. The Bertz CT molecular complexity index is 814. The van der Waals surface area contributed by atoms with Crippen LogP contribution in [0.25, 0.3) is 0 Å². The molecular weight excluding hydrogens is 322 g/mol. The van der Waals surface area contributed by atoms with Crippen molar-refractivity contribution in [3.8, 4) is 5.75 Å². The van der Waals surface area contributed by atoms with Gasteiger partial charge in [-0.3, -0.25) is 4.79 Å². The zero-order valence-electron chi connectivity index (χ0n) is 12.9. The first-order valence-electron chi connectivity index (χ1n) is 6.69. The van der Waals surface area contributed by atoms with Crippen LogP contribution in [0.2, 0.25) is 0 Å². The number of benzene rings is 1. The normalized spacial score (nSPS) is 11.3. The van der Waals surface area contributed by atoms with Gasteiger partial charge in [-0.25, -0.2) is 13.1 Å². The van der Waals surface area contributed by atoms with Crippen LogP contribution in [0.3, 0.4) is 0 Å². The van der Waals surface area contributed by atoms with Crippen LogP contribution < -0.4 is 14.8 Å². The third kappa shape index (κ3) is 4.30. The van der Waals surface area contributed by atoms with Gasteiger partial charge in [0.05, 0.1) is 18.6 Å². The van der Waals surface area contributed by atoms with Gasteiger partial charge in [-0.15, -0.1) is 0 Å². The number of aryl methyl sites for hydroxylation is 2. The van der Waals surface area contributed by atoms with E-state index in [0.29, 0.717) is 17.1 Å². The molecule has 0 saturated heterocycles. The van der Waals surface area contributed by atoms with Crippen LogP contribution >= 0.6 is 0 Å². The second kappa shape index (κ2) is 6.80. The van der Waals surface area contributed by atoms with Crippen LogP contribution in [0.5, 0.6) is 5.75 Å². The quantitative estimate of drug-likeness (QED) is 0.818. The molecule has 124 valence electrons. The van der Waals surface area contributed by atoms with E-state index in [0.717, 1.165) is 0 Å². The molecule has 0 unspecified atom stereocenters. The molecule has 0 atom stereocenters. The van der Waals surface area contributed by atoms with Gasteiger partial charge in [0.1, 0.15) is 11.5 Å². The molecule has 0 aliphatic rings. The molecule has 1 aromatic heterocycles. The maximum Gasteiger partial charge on any atom is 0.241 e. The summed E-state index contributed by atoms with van der Waals surface area (Å²) < 4.78 is 36.5. The summed E-state index contributed by atoms with van der Waals surface area (Å²) in [4.78, 5) is 11.8. The largest absolute Gasteiger partial charge is 0.496 e. The van der Waals surface area contributed by atoms with Gasteiger partial charge in [-0.1, -0.05) is 5.16 Å². The summed E-state index contributed by atoms with van der Waals surface area (Å²) in [5, 5.41) is 6.02. The Morgan fingerprint density at radius 3 is 2.61 bits per heavy atom. The first-order chi connectivity index (χ1) is 10.8. The predicted octanol–water partition coefficient (Wildman–Crippen LogP) is 1.22. The van der Waals surface area contributed by atoms with Crippen molar-refractivity contribution in [1.29, 1.82) is 0 Å². The fraction of sp³-hybridized carbons (Fsp3) is 0.286. The minimum Gasteiger partial charge on any atom is -0.496 e. The van der Waals surface area contributed by atoms with E-state index in [4.69, 9.17) is 9.26 Å². The van der Waals surface area contributed by atoms with Gasteiger partial charge in [0.15, 0.2) is 5.82 Å². The molecule has 2 rings (SSSR count). The molecule has 8 nitrogen and oxygen atoms in total. The smallest absolute Gasteiger partial charge is 0.241 e. The molecule has 0 saturated carbocycles. The number of methoxy groups -OCH3 is 1. The maximum atomic E-state index is 12.2. The Balaban J connectivity index is 2.01. The average Bonchev–Trinajstić information content (AvgIpc) is 2.90. The Hall–Kier alpha value is -2.39. The van der Waals surface area contributed by atoms with Crippen LogP contribution in [-0.4, -0.2) is 33.1 Å². The van der Waals surface area contributed by atoms with Crippen molar-refractivity contribution >= 4 is 21.7 Å². The van der Waals surface area contributed by atoms with Gasteiger partial charge in [-0.05, 0) is 37.6 Å². The Morgan fingerprint density at radius 1 is 1.30 bits per heavy atom. The molecule has 2 N–H and O–H groups in total. The molecule has 23 heavy (non-hydrogen) atoms. The highest BCUT2D eigenvalue weighted by Crippen LogP contribution is 2.21. The lowest BCUT2D eigenvalue weighted by atomic mass is 10.2. The van der Waals surface area contributed by atoms with E-state index in [-0.39, 0.29) is 10.7 Å². The monoisotopic (exact) mass is 339 g/mol. The van der Waals surface area contributed by atoms with Crippen molar-refractivity contribution in [3.63, 3.8) is 0 Å². The Kier molecular flexibility index (Phi) is 5.02. The summed E-state index contributed by atoms with van der Waals surface area (Å²) in [6, 6.07) is 5.97. The number of anilines is 1.